The molecule has 3 aromatic carbocycles. The summed E-state index contributed by atoms with van der Waals surface area (Å²) < 4.78 is 11.4. The Morgan fingerprint density at radius 2 is 1.69 bits per heavy atom. The van der Waals surface area contributed by atoms with Gasteiger partial charge in [-0.3, -0.25) is 9.59 Å². The van der Waals surface area contributed by atoms with Crippen molar-refractivity contribution in [3.63, 3.8) is 0 Å². The lowest BCUT2D eigenvalue weighted by molar-refractivity contribution is -0.133. The fourth-order valence-corrected chi connectivity index (χ4v) is 4.02. The van der Waals surface area contributed by atoms with E-state index in [0.717, 1.165) is 22.3 Å². The number of carbonyl (C=O) groups excluding carboxylic acids is 2. The largest absolute Gasteiger partial charge is 0.455 e. The maximum Gasteiger partial charge on any atom is 0.342 e. The van der Waals surface area contributed by atoms with Crippen LogP contribution in [0.25, 0.3) is 22.3 Å². The van der Waals surface area contributed by atoms with Crippen LogP contribution in [0.2, 0.25) is 0 Å². The number of benzene rings is 3. The van der Waals surface area contributed by atoms with E-state index in [4.69, 9.17) is 9.15 Å². The van der Waals surface area contributed by atoms with E-state index in [2.05, 4.69) is 6.07 Å². The number of amides is 1. The van der Waals surface area contributed by atoms with Crippen LogP contribution in [0.3, 0.4) is 0 Å². The average Bonchev–Trinajstić information content (AvgIpc) is 2.86. The predicted molar refractivity (Wildman–Crippen MR) is 135 cm³/mol. The van der Waals surface area contributed by atoms with E-state index < -0.39 is 12.6 Å². The third-order valence-corrected chi connectivity index (χ3v) is 6.06. The maximum atomic E-state index is 13.0. The van der Waals surface area contributed by atoms with Crippen LogP contribution in [-0.4, -0.2) is 30.4 Å². The highest BCUT2D eigenvalue weighted by Gasteiger charge is 2.21. The molecule has 1 aromatic heterocycles. The van der Waals surface area contributed by atoms with Gasteiger partial charge < -0.3 is 14.1 Å². The Balaban J connectivity index is 1.55. The summed E-state index contributed by atoms with van der Waals surface area (Å²) in [4.78, 5) is 40.1. The second-order valence-electron chi connectivity index (χ2n) is 8.69. The molecule has 4 rings (SSSR count). The van der Waals surface area contributed by atoms with Gasteiger partial charge in [-0.1, -0.05) is 60.2 Å². The van der Waals surface area contributed by atoms with E-state index in [1.165, 1.54) is 11.0 Å². The van der Waals surface area contributed by atoms with Gasteiger partial charge in [-0.15, -0.1) is 0 Å². The topological polar surface area (TPSA) is 76.8 Å². The molecule has 0 unspecified atom stereocenters. The van der Waals surface area contributed by atoms with Crippen molar-refractivity contribution in [1.29, 1.82) is 0 Å². The molecule has 178 valence electrons. The SMILES string of the molecule is Cc1ccc(CN(C)C(=O)COC(=O)c2cccc3c(=O)c(C)c(-c4ccccc4)oc23)c(C)c1. The van der Waals surface area contributed by atoms with E-state index in [1.54, 1.807) is 26.1 Å². The molecule has 0 saturated carbocycles. The van der Waals surface area contributed by atoms with Crippen LogP contribution < -0.4 is 5.43 Å². The Morgan fingerprint density at radius 3 is 2.40 bits per heavy atom. The molecular formula is C29H27NO5. The number of aryl methyl sites for hydroxylation is 2. The summed E-state index contributed by atoms with van der Waals surface area (Å²) in [5, 5.41) is 0.287. The number of para-hydroxylation sites is 1. The van der Waals surface area contributed by atoms with Crippen molar-refractivity contribution in [2.24, 2.45) is 0 Å². The quantitative estimate of drug-likeness (QED) is 0.363. The van der Waals surface area contributed by atoms with Crippen molar-refractivity contribution in [3.05, 3.63) is 105 Å². The van der Waals surface area contributed by atoms with Gasteiger partial charge >= 0.3 is 5.97 Å². The third kappa shape index (κ3) is 5.01. The second-order valence-corrected chi connectivity index (χ2v) is 8.69. The molecule has 0 saturated heterocycles. The molecule has 6 nitrogen and oxygen atoms in total. The molecule has 0 fully saturated rings. The van der Waals surface area contributed by atoms with E-state index >= 15 is 0 Å². The first-order valence-corrected chi connectivity index (χ1v) is 11.4. The summed E-state index contributed by atoms with van der Waals surface area (Å²) in [7, 11) is 1.67. The highest BCUT2D eigenvalue weighted by Crippen LogP contribution is 2.27. The molecule has 0 bridgehead atoms. The number of hydrogen-bond donors (Lipinski definition) is 0. The molecule has 0 aliphatic carbocycles. The molecule has 35 heavy (non-hydrogen) atoms. The summed E-state index contributed by atoms with van der Waals surface area (Å²) in [5.41, 5.74) is 4.48. The van der Waals surface area contributed by atoms with E-state index in [9.17, 15) is 14.4 Å². The minimum atomic E-state index is -0.727. The van der Waals surface area contributed by atoms with Crippen LogP contribution in [0.1, 0.15) is 32.6 Å². The van der Waals surface area contributed by atoms with Gasteiger partial charge in [-0.25, -0.2) is 4.79 Å². The molecule has 0 aliphatic heterocycles. The van der Waals surface area contributed by atoms with Crippen LogP contribution in [0.4, 0.5) is 0 Å². The smallest absolute Gasteiger partial charge is 0.342 e. The molecule has 1 amide bonds. The molecule has 4 aromatic rings. The van der Waals surface area contributed by atoms with Gasteiger partial charge in [-0.2, -0.15) is 0 Å². The number of nitrogens with zero attached hydrogens (tertiary/aromatic N) is 1. The third-order valence-electron chi connectivity index (χ3n) is 6.06. The first-order chi connectivity index (χ1) is 16.8. The van der Waals surface area contributed by atoms with Crippen LogP contribution in [0.5, 0.6) is 0 Å². The molecule has 0 aliphatic rings. The number of ether oxygens (including phenoxy) is 1. The Labute approximate surface area is 203 Å². The fraction of sp³-hybridized carbons (Fsp3) is 0.207. The lowest BCUT2D eigenvalue weighted by Crippen LogP contribution is -2.31. The Bertz CT molecular complexity index is 1470. The second kappa shape index (κ2) is 9.97. The van der Waals surface area contributed by atoms with Crippen LogP contribution in [0, 0.1) is 20.8 Å². The average molecular weight is 470 g/mol. The van der Waals surface area contributed by atoms with Crippen LogP contribution in [0.15, 0.2) is 75.9 Å². The van der Waals surface area contributed by atoms with Crippen molar-refractivity contribution >= 4 is 22.8 Å². The summed E-state index contributed by atoms with van der Waals surface area (Å²) in [6, 6.07) is 20.0. The number of esters is 1. The summed E-state index contributed by atoms with van der Waals surface area (Å²) in [6.45, 7) is 5.71. The van der Waals surface area contributed by atoms with Crippen LogP contribution >= 0.6 is 0 Å². The van der Waals surface area contributed by atoms with Gasteiger partial charge in [0.2, 0.25) is 0 Å². The predicted octanol–water partition coefficient (Wildman–Crippen LogP) is 5.20. The molecule has 0 atom stereocenters. The van der Waals surface area contributed by atoms with Crippen LogP contribution in [-0.2, 0) is 16.1 Å². The molecular weight excluding hydrogens is 442 g/mol. The molecule has 0 spiro atoms. The number of carbonyl (C=O) groups is 2. The number of hydrogen-bond acceptors (Lipinski definition) is 5. The summed E-state index contributed by atoms with van der Waals surface area (Å²) in [5.74, 6) is -0.664. The van der Waals surface area contributed by atoms with Gasteiger partial charge in [0, 0.05) is 24.7 Å². The van der Waals surface area contributed by atoms with Gasteiger partial charge in [-0.05, 0) is 44.0 Å². The summed E-state index contributed by atoms with van der Waals surface area (Å²) >= 11 is 0. The van der Waals surface area contributed by atoms with E-state index in [1.807, 2.05) is 56.3 Å². The zero-order valence-electron chi connectivity index (χ0n) is 20.3. The van der Waals surface area contributed by atoms with Gasteiger partial charge in [0.15, 0.2) is 17.6 Å². The number of rotatable bonds is 6. The number of fused-ring (bicyclic) bond motifs is 1. The Morgan fingerprint density at radius 1 is 0.943 bits per heavy atom. The fourth-order valence-electron chi connectivity index (χ4n) is 4.02. The molecule has 1 heterocycles. The molecule has 6 heteroatoms. The zero-order valence-corrected chi connectivity index (χ0v) is 20.3. The van der Waals surface area contributed by atoms with Gasteiger partial charge in [0.1, 0.15) is 11.3 Å². The lowest BCUT2D eigenvalue weighted by atomic mass is 10.0. The molecule has 0 radical (unpaired) electrons. The minimum Gasteiger partial charge on any atom is -0.455 e. The van der Waals surface area contributed by atoms with Gasteiger partial charge in [0.05, 0.1) is 5.39 Å². The highest BCUT2D eigenvalue weighted by atomic mass is 16.5. The van der Waals surface area contributed by atoms with Crippen molar-refractivity contribution in [2.75, 3.05) is 13.7 Å². The van der Waals surface area contributed by atoms with Crippen molar-refractivity contribution in [1.82, 2.24) is 4.90 Å². The standard InChI is InChI=1S/C29H27NO5/c1-18-13-14-22(19(2)15-18)16-30(4)25(31)17-34-29(33)24-12-8-11-23-26(32)20(3)27(35-28(23)24)21-9-6-5-7-10-21/h5-15H,16-17H2,1-4H3. The van der Waals surface area contributed by atoms with Gasteiger partial charge in [0.25, 0.3) is 5.91 Å². The van der Waals surface area contributed by atoms with Crippen molar-refractivity contribution < 1.29 is 18.7 Å². The monoisotopic (exact) mass is 469 g/mol. The maximum absolute atomic E-state index is 13.0. The lowest BCUT2D eigenvalue weighted by Gasteiger charge is -2.19. The summed E-state index contributed by atoms with van der Waals surface area (Å²) in [6.07, 6.45) is 0. The molecule has 0 N–H and O–H groups in total. The first-order valence-electron chi connectivity index (χ1n) is 11.4. The van der Waals surface area contributed by atoms with Crippen molar-refractivity contribution in [3.8, 4) is 11.3 Å². The number of likely N-dealkylation sites (N-methyl/N-ethyl adjacent to an activating group) is 1. The Hall–Kier alpha value is -4.19. The van der Waals surface area contributed by atoms with E-state index in [0.29, 0.717) is 17.9 Å². The van der Waals surface area contributed by atoms with Crippen molar-refractivity contribution in [2.45, 2.75) is 27.3 Å². The minimum absolute atomic E-state index is 0.0987. The Kier molecular flexibility index (Phi) is 6.82. The first kappa shape index (κ1) is 24.0. The highest BCUT2D eigenvalue weighted by molar-refractivity contribution is 6.02. The zero-order chi connectivity index (χ0) is 25.1. The normalized spacial score (nSPS) is 10.9. The van der Waals surface area contributed by atoms with E-state index in [-0.39, 0.29) is 27.9 Å².